The van der Waals surface area contributed by atoms with Gasteiger partial charge in [-0.15, -0.1) is 0 Å². The molecular formula is C30H28N4O5S. The second kappa shape index (κ2) is 12.2. The predicted molar refractivity (Wildman–Crippen MR) is 155 cm³/mol. The molecule has 2 heterocycles. The zero-order valence-corrected chi connectivity index (χ0v) is 22.9. The van der Waals surface area contributed by atoms with Crippen molar-refractivity contribution >= 4 is 46.1 Å². The number of amides is 2. The number of benzene rings is 3. The summed E-state index contributed by atoms with van der Waals surface area (Å²) in [7, 11) is 1.62. The highest BCUT2D eigenvalue weighted by Crippen LogP contribution is 2.39. The fourth-order valence-corrected chi connectivity index (χ4v) is 5.53. The number of aliphatic imine (C=N–C) groups is 1. The maximum Gasteiger partial charge on any atom is 0.338 e. The molecule has 2 aliphatic heterocycles. The normalized spacial score (nSPS) is 18.2. The molecule has 2 aliphatic rings. The summed E-state index contributed by atoms with van der Waals surface area (Å²) in [4.78, 5) is 41.8. The van der Waals surface area contributed by atoms with Crippen molar-refractivity contribution in [1.82, 2.24) is 5.01 Å². The van der Waals surface area contributed by atoms with E-state index in [1.165, 1.54) is 11.8 Å². The number of methoxy groups -OCH3 is 1. The average Bonchev–Trinajstić information content (AvgIpc) is 3.58. The summed E-state index contributed by atoms with van der Waals surface area (Å²) in [6.07, 6.45) is 0.587. The van der Waals surface area contributed by atoms with Gasteiger partial charge in [0.15, 0.2) is 5.17 Å². The lowest BCUT2D eigenvalue weighted by molar-refractivity contribution is -0.121. The van der Waals surface area contributed by atoms with E-state index in [2.05, 4.69) is 10.3 Å². The van der Waals surface area contributed by atoms with Crippen molar-refractivity contribution in [3.63, 3.8) is 0 Å². The third-order valence-electron chi connectivity index (χ3n) is 6.49. The van der Waals surface area contributed by atoms with Crippen LogP contribution in [-0.4, -0.2) is 52.6 Å². The van der Waals surface area contributed by atoms with E-state index in [0.29, 0.717) is 22.8 Å². The lowest BCUT2D eigenvalue weighted by Crippen LogP contribution is -2.25. The standard InChI is InChI=1S/C30H28N4O5S/c1-3-39-29(37)21-9-13-22(14-10-21)31-27(35)18-26-28(36)32-30(40-26)34-25(20-11-15-23(38-2)16-12-20)17-24(33-34)19-7-5-4-6-8-19/h4-16,25-26H,3,17-18H2,1-2H3,(H,31,35)/t25-,26-/m0/s1. The SMILES string of the molecule is CCOC(=O)c1ccc(NC(=O)C[C@@H]2SC(N3N=C(c4ccccc4)C[C@H]3c3ccc(OC)cc3)=NC2=O)cc1. The molecule has 1 N–H and O–H groups in total. The van der Waals surface area contributed by atoms with Crippen molar-refractivity contribution < 1.29 is 23.9 Å². The van der Waals surface area contributed by atoms with Crippen molar-refractivity contribution in [2.75, 3.05) is 19.0 Å². The number of amidine groups is 1. The number of hydrogen-bond donors (Lipinski definition) is 1. The smallest absolute Gasteiger partial charge is 0.338 e. The van der Waals surface area contributed by atoms with E-state index >= 15 is 0 Å². The third kappa shape index (κ3) is 6.07. The molecule has 0 aromatic heterocycles. The highest BCUT2D eigenvalue weighted by Gasteiger charge is 2.39. The molecule has 3 aromatic rings. The van der Waals surface area contributed by atoms with Crippen LogP contribution in [0.25, 0.3) is 0 Å². The molecule has 3 aromatic carbocycles. The summed E-state index contributed by atoms with van der Waals surface area (Å²) in [5.41, 5.74) is 3.82. The minimum Gasteiger partial charge on any atom is -0.497 e. The second-order valence-corrected chi connectivity index (χ2v) is 10.3. The Hall–Kier alpha value is -4.44. The molecule has 2 amide bonds. The van der Waals surface area contributed by atoms with Crippen molar-refractivity contribution in [1.29, 1.82) is 0 Å². The molecule has 0 bridgehead atoms. The van der Waals surface area contributed by atoms with Crippen LogP contribution < -0.4 is 10.1 Å². The Morgan fingerprint density at radius 1 is 1.02 bits per heavy atom. The predicted octanol–water partition coefficient (Wildman–Crippen LogP) is 5.05. The molecular weight excluding hydrogens is 528 g/mol. The first-order chi connectivity index (χ1) is 19.4. The van der Waals surface area contributed by atoms with E-state index in [0.717, 1.165) is 22.6 Å². The number of nitrogens with one attached hydrogen (secondary N) is 1. The number of esters is 1. The number of hydrazone groups is 1. The summed E-state index contributed by atoms with van der Waals surface area (Å²) in [6.45, 7) is 2.02. The molecule has 0 fully saturated rings. The van der Waals surface area contributed by atoms with E-state index in [4.69, 9.17) is 14.6 Å². The van der Waals surface area contributed by atoms with Crippen molar-refractivity contribution in [2.45, 2.75) is 31.1 Å². The van der Waals surface area contributed by atoms with Gasteiger partial charge >= 0.3 is 5.97 Å². The Labute approximate surface area is 236 Å². The van der Waals surface area contributed by atoms with Crippen LogP contribution >= 0.6 is 11.8 Å². The summed E-state index contributed by atoms with van der Waals surface area (Å²) in [6, 6.07) is 23.9. The molecule has 40 heavy (non-hydrogen) atoms. The van der Waals surface area contributed by atoms with Crippen LogP contribution in [0.15, 0.2) is 89.0 Å². The van der Waals surface area contributed by atoms with Crippen molar-refractivity contribution in [3.8, 4) is 5.75 Å². The van der Waals surface area contributed by atoms with Crippen LogP contribution in [0.2, 0.25) is 0 Å². The fraction of sp³-hybridized carbons (Fsp3) is 0.233. The van der Waals surface area contributed by atoms with Gasteiger partial charge in [0.25, 0.3) is 5.91 Å². The van der Waals surface area contributed by atoms with Gasteiger partial charge in [0, 0.05) is 18.5 Å². The van der Waals surface area contributed by atoms with Crippen LogP contribution in [0.1, 0.15) is 47.3 Å². The van der Waals surface area contributed by atoms with Gasteiger partial charge in [0.1, 0.15) is 11.0 Å². The Morgan fingerprint density at radius 3 is 2.42 bits per heavy atom. The molecule has 0 unspecified atom stereocenters. The van der Waals surface area contributed by atoms with Crippen molar-refractivity contribution in [2.24, 2.45) is 10.1 Å². The summed E-state index contributed by atoms with van der Waals surface area (Å²) < 4.78 is 10.3. The second-order valence-electron chi connectivity index (χ2n) is 9.14. The number of rotatable bonds is 8. The Bertz CT molecular complexity index is 1460. The maximum atomic E-state index is 12.9. The Kier molecular flexibility index (Phi) is 8.26. The minimum atomic E-state index is -0.665. The number of nitrogens with zero attached hydrogens (tertiary/aromatic N) is 3. The van der Waals surface area contributed by atoms with E-state index in [-0.39, 0.29) is 30.9 Å². The molecule has 0 spiro atoms. The van der Waals surface area contributed by atoms with E-state index in [9.17, 15) is 14.4 Å². The van der Waals surface area contributed by atoms with Gasteiger partial charge in [-0.05, 0) is 54.4 Å². The minimum absolute atomic E-state index is 0.0492. The van der Waals surface area contributed by atoms with Crippen LogP contribution in [0.5, 0.6) is 5.75 Å². The molecule has 0 aliphatic carbocycles. The third-order valence-corrected chi connectivity index (χ3v) is 7.64. The average molecular weight is 557 g/mol. The Morgan fingerprint density at radius 2 is 1.75 bits per heavy atom. The highest BCUT2D eigenvalue weighted by atomic mass is 32.2. The van der Waals surface area contributed by atoms with Gasteiger partial charge in [-0.3, -0.25) is 9.59 Å². The fourth-order valence-electron chi connectivity index (χ4n) is 4.47. The molecule has 2 atom stereocenters. The topological polar surface area (TPSA) is 110 Å². The molecule has 5 rings (SSSR count). The van der Waals surface area contributed by atoms with Crippen LogP contribution in [0.4, 0.5) is 5.69 Å². The zero-order valence-electron chi connectivity index (χ0n) is 22.1. The summed E-state index contributed by atoms with van der Waals surface area (Å²) >= 11 is 1.24. The van der Waals surface area contributed by atoms with E-state index in [1.807, 2.05) is 54.6 Å². The van der Waals surface area contributed by atoms with Gasteiger partial charge in [-0.25, -0.2) is 9.80 Å². The van der Waals surface area contributed by atoms with Gasteiger partial charge in [-0.2, -0.15) is 10.1 Å². The number of thioether (sulfide) groups is 1. The first kappa shape index (κ1) is 27.1. The number of hydrogen-bond acceptors (Lipinski definition) is 8. The van der Waals surface area contributed by atoms with Crippen molar-refractivity contribution in [3.05, 3.63) is 95.6 Å². The van der Waals surface area contributed by atoms with E-state index in [1.54, 1.807) is 43.3 Å². The van der Waals surface area contributed by atoms with Crippen LogP contribution in [0.3, 0.4) is 0 Å². The number of carbonyl (C=O) groups is 3. The largest absolute Gasteiger partial charge is 0.497 e. The molecule has 0 saturated heterocycles. The molecule has 204 valence electrons. The lowest BCUT2D eigenvalue weighted by Gasteiger charge is -2.23. The monoisotopic (exact) mass is 556 g/mol. The number of carbonyl (C=O) groups excluding carboxylic acids is 3. The lowest BCUT2D eigenvalue weighted by atomic mass is 9.98. The zero-order chi connectivity index (χ0) is 28.1. The summed E-state index contributed by atoms with van der Waals surface area (Å²) in [5, 5.41) is 9.24. The first-order valence-electron chi connectivity index (χ1n) is 12.9. The summed E-state index contributed by atoms with van der Waals surface area (Å²) in [5.74, 6) is -0.370. The van der Waals surface area contributed by atoms with Gasteiger partial charge in [0.2, 0.25) is 5.91 Å². The van der Waals surface area contributed by atoms with Gasteiger partial charge in [0.05, 0.1) is 31.0 Å². The van der Waals surface area contributed by atoms with Crippen LogP contribution in [0, 0.1) is 0 Å². The Balaban J connectivity index is 1.28. The highest BCUT2D eigenvalue weighted by molar-refractivity contribution is 8.15. The molecule has 0 radical (unpaired) electrons. The molecule has 9 nitrogen and oxygen atoms in total. The number of ether oxygens (including phenoxy) is 2. The van der Waals surface area contributed by atoms with Crippen LogP contribution in [-0.2, 0) is 14.3 Å². The van der Waals surface area contributed by atoms with E-state index < -0.39 is 11.2 Å². The maximum absolute atomic E-state index is 12.9. The van der Waals surface area contributed by atoms with Gasteiger partial charge in [-0.1, -0.05) is 54.2 Å². The first-order valence-corrected chi connectivity index (χ1v) is 13.8. The number of anilines is 1. The van der Waals surface area contributed by atoms with Gasteiger partial charge < -0.3 is 14.8 Å². The molecule has 0 saturated carbocycles. The quantitative estimate of drug-likeness (QED) is 0.387. The molecule has 10 heteroatoms.